The molecule has 0 unspecified atom stereocenters. The molecule has 6 heteroatoms. The van der Waals surface area contributed by atoms with Gasteiger partial charge in [-0.3, -0.25) is 9.59 Å². The molecule has 0 saturated carbocycles. The maximum atomic E-state index is 12.0. The predicted molar refractivity (Wildman–Crippen MR) is 89.9 cm³/mol. The van der Waals surface area contributed by atoms with E-state index in [1.165, 1.54) is 4.88 Å². The SMILES string of the molecule is O=C(CCc1cccs1)NCCN1C(=O)COc2ccccc21. The molecule has 1 aliphatic rings. The second-order valence-electron chi connectivity index (χ2n) is 5.23. The van der Waals surface area contributed by atoms with Gasteiger partial charge in [0.05, 0.1) is 5.69 Å². The van der Waals surface area contributed by atoms with Gasteiger partial charge in [-0.15, -0.1) is 11.3 Å². The molecule has 0 spiro atoms. The molecule has 1 N–H and O–H groups in total. The molecule has 2 amide bonds. The summed E-state index contributed by atoms with van der Waals surface area (Å²) >= 11 is 1.66. The molecule has 0 bridgehead atoms. The highest BCUT2D eigenvalue weighted by atomic mass is 32.1. The summed E-state index contributed by atoms with van der Waals surface area (Å²) in [6.45, 7) is 0.927. The zero-order valence-corrected chi connectivity index (χ0v) is 13.5. The van der Waals surface area contributed by atoms with Gasteiger partial charge < -0.3 is 15.0 Å². The van der Waals surface area contributed by atoms with Crippen LogP contribution in [0.3, 0.4) is 0 Å². The summed E-state index contributed by atoms with van der Waals surface area (Å²) in [4.78, 5) is 26.7. The number of ether oxygens (including phenoxy) is 1. The fraction of sp³-hybridized carbons (Fsp3) is 0.294. The van der Waals surface area contributed by atoms with Crippen molar-refractivity contribution in [3.05, 3.63) is 46.7 Å². The third-order valence-corrected chi connectivity index (χ3v) is 4.58. The lowest BCUT2D eigenvalue weighted by Crippen LogP contribution is -2.43. The summed E-state index contributed by atoms with van der Waals surface area (Å²) in [6, 6.07) is 11.5. The van der Waals surface area contributed by atoms with Crippen molar-refractivity contribution >= 4 is 28.8 Å². The van der Waals surface area contributed by atoms with E-state index in [1.807, 2.05) is 41.8 Å². The van der Waals surface area contributed by atoms with Gasteiger partial charge in [0.25, 0.3) is 5.91 Å². The second kappa shape index (κ2) is 7.28. The number of hydrogen-bond donors (Lipinski definition) is 1. The van der Waals surface area contributed by atoms with E-state index in [9.17, 15) is 9.59 Å². The monoisotopic (exact) mass is 330 g/mol. The van der Waals surface area contributed by atoms with Gasteiger partial charge in [-0.1, -0.05) is 18.2 Å². The minimum absolute atomic E-state index is 0.00685. The van der Waals surface area contributed by atoms with E-state index in [2.05, 4.69) is 5.32 Å². The summed E-state index contributed by atoms with van der Waals surface area (Å²) in [6.07, 6.45) is 1.22. The van der Waals surface area contributed by atoms with E-state index in [0.29, 0.717) is 25.3 Å². The van der Waals surface area contributed by atoms with E-state index >= 15 is 0 Å². The van der Waals surface area contributed by atoms with Crippen molar-refractivity contribution in [3.63, 3.8) is 0 Å². The normalized spacial score (nSPS) is 13.4. The molecule has 3 rings (SSSR count). The first kappa shape index (κ1) is 15.6. The van der Waals surface area contributed by atoms with Crippen molar-refractivity contribution < 1.29 is 14.3 Å². The highest BCUT2D eigenvalue weighted by Crippen LogP contribution is 2.30. The van der Waals surface area contributed by atoms with Gasteiger partial charge in [0.15, 0.2) is 6.61 Å². The van der Waals surface area contributed by atoms with Crippen molar-refractivity contribution in [2.45, 2.75) is 12.8 Å². The van der Waals surface area contributed by atoms with Crippen LogP contribution in [0.1, 0.15) is 11.3 Å². The van der Waals surface area contributed by atoms with Crippen LogP contribution in [0.5, 0.6) is 5.75 Å². The van der Waals surface area contributed by atoms with Crippen molar-refractivity contribution in [2.24, 2.45) is 0 Å². The third kappa shape index (κ3) is 3.90. The van der Waals surface area contributed by atoms with Crippen molar-refractivity contribution in [3.8, 4) is 5.75 Å². The predicted octanol–water partition coefficient (Wildman–Crippen LogP) is 2.22. The Labute approximate surface area is 138 Å². The molecular weight excluding hydrogens is 312 g/mol. The van der Waals surface area contributed by atoms with Crippen LogP contribution in [-0.4, -0.2) is 31.5 Å². The van der Waals surface area contributed by atoms with Gasteiger partial charge in [0, 0.05) is 24.4 Å². The first-order valence-corrected chi connectivity index (χ1v) is 8.43. The lowest BCUT2D eigenvalue weighted by molar-refractivity contribution is -0.122. The van der Waals surface area contributed by atoms with Gasteiger partial charge in [-0.25, -0.2) is 0 Å². The molecule has 120 valence electrons. The van der Waals surface area contributed by atoms with E-state index in [1.54, 1.807) is 16.2 Å². The largest absolute Gasteiger partial charge is 0.482 e. The standard InChI is InChI=1S/C17H18N2O3S/c20-16(8-7-13-4-3-11-23-13)18-9-10-19-14-5-1-2-6-15(14)22-12-17(19)21/h1-6,11H,7-10,12H2,(H,18,20). The van der Waals surface area contributed by atoms with E-state index in [4.69, 9.17) is 4.74 Å². The Hall–Kier alpha value is -2.34. The van der Waals surface area contributed by atoms with Gasteiger partial charge in [-0.05, 0) is 30.0 Å². The number of fused-ring (bicyclic) bond motifs is 1. The molecule has 0 saturated heterocycles. The Morgan fingerprint density at radius 1 is 1.26 bits per heavy atom. The molecule has 0 aliphatic carbocycles. The van der Waals surface area contributed by atoms with Crippen molar-refractivity contribution in [1.82, 2.24) is 5.32 Å². The number of nitrogens with one attached hydrogen (secondary N) is 1. The highest BCUT2D eigenvalue weighted by Gasteiger charge is 2.24. The maximum Gasteiger partial charge on any atom is 0.265 e. The zero-order chi connectivity index (χ0) is 16.1. The number of carbonyl (C=O) groups excluding carboxylic acids is 2. The number of thiophene rings is 1. The molecule has 2 heterocycles. The number of nitrogens with zero attached hydrogens (tertiary/aromatic N) is 1. The average Bonchev–Trinajstić information content (AvgIpc) is 3.08. The van der Waals surface area contributed by atoms with E-state index < -0.39 is 0 Å². The summed E-state index contributed by atoms with van der Waals surface area (Å²) in [5.41, 5.74) is 0.761. The third-order valence-electron chi connectivity index (χ3n) is 3.64. The number of aryl methyl sites for hydroxylation is 1. The highest BCUT2D eigenvalue weighted by molar-refractivity contribution is 7.09. The Morgan fingerprint density at radius 3 is 2.96 bits per heavy atom. The van der Waals surface area contributed by atoms with Crippen LogP contribution in [0, 0.1) is 0 Å². The van der Waals surface area contributed by atoms with Crippen LogP contribution in [0.2, 0.25) is 0 Å². The van der Waals surface area contributed by atoms with Gasteiger partial charge in [-0.2, -0.15) is 0 Å². The number of carbonyl (C=O) groups is 2. The smallest absolute Gasteiger partial charge is 0.265 e. The number of hydrogen-bond acceptors (Lipinski definition) is 4. The van der Waals surface area contributed by atoms with Crippen LogP contribution in [0.25, 0.3) is 0 Å². The van der Waals surface area contributed by atoms with E-state index in [0.717, 1.165) is 12.1 Å². The first-order valence-electron chi connectivity index (χ1n) is 7.55. The van der Waals surface area contributed by atoms with Crippen LogP contribution in [0.15, 0.2) is 41.8 Å². The second-order valence-corrected chi connectivity index (χ2v) is 6.26. The number of rotatable bonds is 6. The van der Waals surface area contributed by atoms with Crippen LogP contribution >= 0.6 is 11.3 Å². The molecule has 23 heavy (non-hydrogen) atoms. The number of amides is 2. The summed E-state index contributed by atoms with van der Waals surface area (Å²) in [7, 11) is 0. The number of benzene rings is 1. The maximum absolute atomic E-state index is 12.0. The lowest BCUT2D eigenvalue weighted by atomic mass is 10.2. The van der Waals surface area contributed by atoms with E-state index in [-0.39, 0.29) is 18.4 Å². The Bertz CT molecular complexity index is 685. The van der Waals surface area contributed by atoms with Crippen LogP contribution in [-0.2, 0) is 16.0 Å². The van der Waals surface area contributed by atoms with Crippen LogP contribution < -0.4 is 15.0 Å². The molecule has 2 aromatic rings. The van der Waals surface area contributed by atoms with Gasteiger partial charge in [0.2, 0.25) is 5.91 Å². The molecule has 5 nitrogen and oxygen atoms in total. The average molecular weight is 330 g/mol. The van der Waals surface area contributed by atoms with Crippen LogP contribution in [0.4, 0.5) is 5.69 Å². The van der Waals surface area contributed by atoms with Gasteiger partial charge in [0.1, 0.15) is 5.75 Å². The molecule has 0 atom stereocenters. The molecule has 1 aromatic heterocycles. The molecule has 0 radical (unpaired) electrons. The fourth-order valence-corrected chi connectivity index (χ4v) is 3.20. The minimum Gasteiger partial charge on any atom is -0.482 e. The minimum atomic E-state index is -0.0865. The number of anilines is 1. The Kier molecular flexibility index (Phi) is 4.92. The molecule has 1 aliphatic heterocycles. The van der Waals surface area contributed by atoms with Crippen molar-refractivity contribution in [1.29, 1.82) is 0 Å². The summed E-state index contributed by atoms with van der Waals surface area (Å²) < 4.78 is 5.40. The molecule has 0 fully saturated rings. The number of para-hydroxylation sites is 2. The Balaban J connectivity index is 1.48. The lowest BCUT2D eigenvalue weighted by Gasteiger charge is -2.29. The quantitative estimate of drug-likeness (QED) is 0.883. The molecular formula is C17H18N2O3S. The summed E-state index contributed by atoms with van der Waals surface area (Å²) in [5.74, 6) is 0.625. The van der Waals surface area contributed by atoms with Gasteiger partial charge >= 0.3 is 0 Å². The van der Waals surface area contributed by atoms with Crippen molar-refractivity contribution in [2.75, 3.05) is 24.6 Å². The zero-order valence-electron chi connectivity index (χ0n) is 12.7. The Morgan fingerprint density at radius 2 is 2.13 bits per heavy atom. The fourth-order valence-electron chi connectivity index (χ4n) is 2.49. The summed E-state index contributed by atoms with van der Waals surface area (Å²) in [5, 5.41) is 4.88. The molecule has 1 aromatic carbocycles. The first-order chi connectivity index (χ1) is 11.2. The topological polar surface area (TPSA) is 58.6 Å².